The van der Waals surface area contributed by atoms with E-state index in [1.807, 2.05) is 0 Å². The lowest BCUT2D eigenvalue weighted by Crippen LogP contribution is -2.03. The minimum absolute atomic E-state index is 0.861. The lowest BCUT2D eigenvalue weighted by atomic mass is 9.84. The maximum absolute atomic E-state index is 2.27. The SMILES string of the molecule is c1ccc(C2CCCCC2)cc1.c1ccc(Cc2ccccc2)cc1. The second-order valence-electron chi connectivity index (χ2n) is 6.89. The Hall–Kier alpha value is -2.34. The molecule has 0 radical (unpaired) electrons. The molecule has 3 aromatic carbocycles. The van der Waals surface area contributed by atoms with Crippen molar-refractivity contribution in [1.29, 1.82) is 0 Å². The van der Waals surface area contributed by atoms with Gasteiger partial charge in [0.1, 0.15) is 0 Å². The molecule has 0 spiro atoms. The van der Waals surface area contributed by atoms with E-state index in [9.17, 15) is 0 Å². The summed E-state index contributed by atoms with van der Waals surface area (Å²) in [7, 11) is 0. The molecule has 0 aliphatic heterocycles. The van der Waals surface area contributed by atoms with E-state index in [4.69, 9.17) is 0 Å². The summed E-state index contributed by atoms with van der Waals surface area (Å²) in [6.45, 7) is 0. The zero-order chi connectivity index (χ0) is 17.2. The van der Waals surface area contributed by atoms with Gasteiger partial charge < -0.3 is 0 Å². The molecule has 0 amide bonds. The minimum atomic E-state index is 0.861. The van der Waals surface area contributed by atoms with Crippen molar-refractivity contribution in [3.63, 3.8) is 0 Å². The highest BCUT2D eigenvalue weighted by atomic mass is 14.2. The Labute approximate surface area is 152 Å². The van der Waals surface area contributed by atoms with Crippen LogP contribution in [0.15, 0.2) is 91.0 Å². The lowest BCUT2D eigenvalue weighted by molar-refractivity contribution is 0.443. The Balaban J connectivity index is 0.000000146. The molecule has 1 aliphatic rings. The Kier molecular flexibility index (Phi) is 6.88. The predicted octanol–water partition coefficient (Wildman–Crippen LogP) is 7.01. The van der Waals surface area contributed by atoms with Crippen molar-refractivity contribution in [1.82, 2.24) is 0 Å². The summed E-state index contributed by atoms with van der Waals surface area (Å²) < 4.78 is 0. The van der Waals surface area contributed by atoms with Crippen LogP contribution in [0.1, 0.15) is 54.7 Å². The maximum atomic E-state index is 2.27. The molecule has 0 N–H and O–H groups in total. The van der Waals surface area contributed by atoms with Gasteiger partial charge in [-0.25, -0.2) is 0 Å². The summed E-state index contributed by atoms with van der Waals surface area (Å²) >= 11 is 0. The topological polar surface area (TPSA) is 0 Å². The molecule has 0 unspecified atom stereocenters. The average molecular weight is 328 g/mol. The van der Waals surface area contributed by atoms with Crippen molar-refractivity contribution >= 4 is 0 Å². The summed E-state index contributed by atoms with van der Waals surface area (Å²) in [4.78, 5) is 0. The summed E-state index contributed by atoms with van der Waals surface area (Å²) in [5, 5.41) is 0. The predicted molar refractivity (Wildman–Crippen MR) is 108 cm³/mol. The van der Waals surface area contributed by atoms with Crippen molar-refractivity contribution < 1.29 is 0 Å². The summed E-state index contributed by atoms with van der Waals surface area (Å²) in [6, 6.07) is 32.0. The van der Waals surface area contributed by atoms with Gasteiger partial charge in [-0.15, -0.1) is 0 Å². The Morgan fingerprint density at radius 1 is 0.520 bits per heavy atom. The van der Waals surface area contributed by atoms with E-state index in [-0.39, 0.29) is 0 Å². The van der Waals surface area contributed by atoms with Crippen LogP contribution in [0, 0.1) is 0 Å². The third-order valence-corrected chi connectivity index (χ3v) is 4.97. The van der Waals surface area contributed by atoms with Crippen molar-refractivity contribution in [2.75, 3.05) is 0 Å². The monoisotopic (exact) mass is 328 g/mol. The van der Waals surface area contributed by atoms with Crippen molar-refractivity contribution in [3.8, 4) is 0 Å². The van der Waals surface area contributed by atoms with Gasteiger partial charge >= 0.3 is 0 Å². The smallest absolute Gasteiger partial charge is 0.00258 e. The summed E-state index contributed by atoms with van der Waals surface area (Å²) in [6.07, 6.45) is 8.15. The zero-order valence-corrected chi connectivity index (χ0v) is 15.0. The molecule has 0 heteroatoms. The van der Waals surface area contributed by atoms with Crippen LogP contribution in [0.25, 0.3) is 0 Å². The molecular formula is C25H28. The summed E-state index contributed by atoms with van der Waals surface area (Å²) in [5.41, 5.74) is 4.29. The molecule has 0 bridgehead atoms. The molecule has 4 rings (SSSR count). The van der Waals surface area contributed by atoms with E-state index in [1.54, 1.807) is 5.56 Å². The molecule has 0 atom stereocenters. The standard InChI is InChI=1S/C13H12.C12H16/c1-3-7-12(8-4-1)11-13-9-5-2-6-10-13;1-3-7-11(8-4-1)12-9-5-2-6-10-12/h1-10H,11H2;1,3-4,7-8,12H,2,5-6,9-10H2. The van der Waals surface area contributed by atoms with Crippen molar-refractivity contribution in [2.45, 2.75) is 44.4 Å². The first kappa shape index (κ1) is 17.5. The third kappa shape index (κ3) is 5.90. The van der Waals surface area contributed by atoms with Crippen LogP contribution in [0.3, 0.4) is 0 Å². The van der Waals surface area contributed by atoms with Crippen LogP contribution < -0.4 is 0 Å². The van der Waals surface area contributed by atoms with Gasteiger partial charge in [0.05, 0.1) is 0 Å². The molecule has 0 heterocycles. The third-order valence-electron chi connectivity index (χ3n) is 4.97. The highest BCUT2D eigenvalue weighted by Gasteiger charge is 2.14. The van der Waals surface area contributed by atoms with Crippen LogP contribution in [0.5, 0.6) is 0 Å². The van der Waals surface area contributed by atoms with Crippen LogP contribution in [-0.4, -0.2) is 0 Å². The van der Waals surface area contributed by atoms with Gasteiger partial charge in [-0.2, -0.15) is 0 Å². The Morgan fingerprint density at radius 3 is 1.44 bits per heavy atom. The lowest BCUT2D eigenvalue weighted by Gasteiger charge is -2.21. The normalized spacial score (nSPS) is 14.4. The van der Waals surface area contributed by atoms with Crippen LogP contribution in [0.2, 0.25) is 0 Å². The van der Waals surface area contributed by atoms with Gasteiger partial charge in [0.2, 0.25) is 0 Å². The second-order valence-corrected chi connectivity index (χ2v) is 6.89. The molecule has 1 fully saturated rings. The molecule has 1 saturated carbocycles. The molecule has 0 saturated heterocycles. The van der Waals surface area contributed by atoms with Crippen LogP contribution in [-0.2, 0) is 6.42 Å². The molecule has 3 aromatic rings. The first-order chi connectivity index (χ1) is 12.4. The van der Waals surface area contributed by atoms with Gasteiger partial charge in [-0.05, 0) is 41.9 Å². The molecule has 0 aromatic heterocycles. The largest absolute Gasteiger partial charge is 0.0622 e. The second kappa shape index (κ2) is 9.84. The van der Waals surface area contributed by atoms with Gasteiger partial charge in [0, 0.05) is 0 Å². The maximum Gasteiger partial charge on any atom is -0.00258 e. The highest BCUT2D eigenvalue weighted by molar-refractivity contribution is 5.25. The zero-order valence-electron chi connectivity index (χ0n) is 15.0. The summed E-state index contributed by atoms with van der Waals surface area (Å²) in [5.74, 6) is 0.861. The Morgan fingerprint density at radius 2 is 0.960 bits per heavy atom. The van der Waals surface area contributed by atoms with E-state index in [1.165, 1.54) is 43.2 Å². The first-order valence-electron chi connectivity index (χ1n) is 9.54. The quantitative estimate of drug-likeness (QED) is 0.485. The molecular weight excluding hydrogens is 300 g/mol. The van der Waals surface area contributed by atoms with E-state index in [0.717, 1.165) is 12.3 Å². The number of hydrogen-bond acceptors (Lipinski definition) is 0. The fourth-order valence-electron chi connectivity index (χ4n) is 3.59. The molecule has 128 valence electrons. The first-order valence-corrected chi connectivity index (χ1v) is 9.54. The van der Waals surface area contributed by atoms with Crippen LogP contribution >= 0.6 is 0 Å². The fraction of sp³-hybridized carbons (Fsp3) is 0.280. The highest BCUT2D eigenvalue weighted by Crippen LogP contribution is 2.32. The fourth-order valence-corrected chi connectivity index (χ4v) is 3.59. The molecule has 0 nitrogen and oxygen atoms in total. The van der Waals surface area contributed by atoms with Gasteiger partial charge in [0.15, 0.2) is 0 Å². The van der Waals surface area contributed by atoms with Gasteiger partial charge in [0.25, 0.3) is 0 Å². The van der Waals surface area contributed by atoms with Gasteiger partial charge in [-0.1, -0.05) is 110 Å². The average Bonchev–Trinajstić information content (AvgIpc) is 2.71. The van der Waals surface area contributed by atoms with Gasteiger partial charge in [-0.3, -0.25) is 0 Å². The van der Waals surface area contributed by atoms with E-state index < -0.39 is 0 Å². The van der Waals surface area contributed by atoms with Crippen molar-refractivity contribution in [2.24, 2.45) is 0 Å². The molecule has 1 aliphatic carbocycles. The van der Waals surface area contributed by atoms with E-state index >= 15 is 0 Å². The number of rotatable bonds is 3. The van der Waals surface area contributed by atoms with Crippen LogP contribution in [0.4, 0.5) is 0 Å². The van der Waals surface area contributed by atoms with Crippen molar-refractivity contribution in [3.05, 3.63) is 108 Å². The minimum Gasteiger partial charge on any atom is -0.0622 e. The Bertz CT molecular complexity index is 657. The molecule has 25 heavy (non-hydrogen) atoms. The van der Waals surface area contributed by atoms with E-state index in [0.29, 0.717) is 0 Å². The number of hydrogen-bond donors (Lipinski definition) is 0. The van der Waals surface area contributed by atoms with E-state index in [2.05, 4.69) is 91.0 Å². The number of benzene rings is 3.